The predicted molar refractivity (Wildman–Crippen MR) is 109 cm³/mol. The van der Waals surface area contributed by atoms with Crippen molar-refractivity contribution < 1.29 is 9.18 Å². The van der Waals surface area contributed by atoms with E-state index in [1.165, 1.54) is 24.5 Å². The van der Waals surface area contributed by atoms with Gasteiger partial charge in [0.1, 0.15) is 5.82 Å². The van der Waals surface area contributed by atoms with Gasteiger partial charge in [-0.05, 0) is 43.0 Å². The molecule has 1 aliphatic carbocycles. The first-order chi connectivity index (χ1) is 14.6. The van der Waals surface area contributed by atoms with Gasteiger partial charge in [-0.25, -0.2) is 24.3 Å². The summed E-state index contributed by atoms with van der Waals surface area (Å²) in [5.74, 6) is 0.580. The molecule has 0 radical (unpaired) electrons. The number of rotatable bonds is 4. The van der Waals surface area contributed by atoms with Gasteiger partial charge in [0.15, 0.2) is 5.82 Å². The second-order valence-corrected chi connectivity index (χ2v) is 8.04. The summed E-state index contributed by atoms with van der Waals surface area (Å²) in [6, 6.07) is 5.85. The lowest BCUT2D eigenvalue weighted by molar-refractivity contribution is 0.0692. The van der Waals surface area contributed by atoms with Crippen LogP contribution < -0.4 is 5.32 Å². The third-order valence-corrected chi connectivity index (χ3v) is 5.89. The Hall–Kier alpha value is -3.13. The van der Waals surface area contributed by atoms with Crippen LogP contribution in [0, 0.1) is 11.7 Å². The molecule has 5 rings (SSSR count). The highest BCUT2D eigenvalue weighted by molar-refractivity contribution is 6.30. The summed E-state index contributed by atoms with van der Waals surface area (Å²) in [4.78, 5) is 32.1. The maximum absolute atomic E-state index is 14.0. The van der Waals surface area contributed by atoms with Crippen molar-refractivity contribution in [2.24, 2.45) is 5.92 Å². The normalized spacial score (nSPS) is 22.3. The van der Waals surface area contributed by atoms with Crippen molar-refractivity contribution in [3.63, 3.8) is 0 Å². The molecule has 1 saturated heterocycles. The Morgan fingerprint density at radius 3 is 2.63 bits per heavy atom. The zero-order valence-electron chi connectivity index (χ0n) is 15.9. The van der Waals surface area contributed by atoms with Crippen LogP contribution in [0.2, 0.25) is 5.02 Å². The van der Waals surface area contributed by atoms with Crippen molar-refractivity contribution >= 4 is 23.5 Å². The van der Waals surface area contributed by atoms with Crippen LogP contribution >= 0.6 is 11.6 Å². The molecule has 1 aliphatic heterocycles. The first-order valence-corrected chi connectivity index (χ1v) is 10.1. The topological polar surface area (TPSA) is 83.9 Å². The minimum absolute atomic E-state index is 0.0189. The molecule has 7 nitrogen and oxygen atoms in total. The number of anilines is 1. The van der Waals surface area contributed by atoms with Crippen LogP contribution in [0.5, 0.6) is 0 Å². The van der Waals surface area contributed by atoms with Crippen molar-refractivity contribution in [1.82, 2.24) is 24.8 Å². The number of halogens is 2. The van der Waals surface area contributed by atoms with E-state index < -0.39 is 5.82 Å². The van der Waals surface area contributed by atoms with Crippen LogP contribution in [-0.2, 0) is 0 Å². The molecule has 30 heavy (non-hydrogen) atoms. The van der Waals surface area contributed by atoms with E-state index in [0.717, 1.165) is 12.8 Å². The van der Waals surface area contributed by atoms with Gasteiger partial charge >= 0.3 is 0 Å². The largest absolute Gasteiger partial charge is 0.349 e. The number of hydrogen-bond acceptors (Lipinski definition) is 6. The number of piperidine rings is 1. The minimum atomic E-state index is -0.466. The standard InChI is InChI=1S/C21H18ClFN6O/c22-13-9-26-21(27-10-13)28-17-6-12-7-18(17)29(11-12)20(30)16-8-14(23)2-3-15(16)19-24-4-1-5-25-19/h1-5,8-10,12,17-18H,6-7,11H2,(H,26,27,28). The zero-order chi connectivity index (χ0) is 20.7. The van der Waals surface area contributed by atoms with E-state index in [9.17, 15) is 9.18 Å². The number of nitrogens with one attached hydrogen (secondary N) is 1. The fraction of sp³-hybridized carbons (Fsp3) is 0.286. The Balaban J connectivity index is 1.42. The Kier molecular flexibility index (Phi) is 4.78. The van der Waals surface area contributed by atoms with Gasteiger partial charge in [-0.1, -0.05) is 11.6 Å². The van der Waals surface area contributed by atoms with Crippen molar-refractivity contribution in [3.8, 4) is 11.4 Å². The molecule has 2 aromatic heterocycles. The number of likely N-dealkylation sites (tertiary alicyclic amines) is 1. The Bertz CT molecular complexity index is 1080. The first-order valence-electron chi connectivity index (χ1n) is 9.70. The maximum atomic E-state index is 14.0. The van der Waals surface area contributed by atoms with Crippen LogP contribution in [0.3, 0.4) is 0 Å². The highest BCUT2D eigenvalue weighted by Crippen LogP contribution is 2.40. The van der Waals surface area contributed by atoms with Gasteiger partial charge < -0.3 is 10.2 Å². The van der Waals surface area contributed by atoms with Gasteiger partial charge in [-0.2, -0.15) is 0 Å². The molecule has 3 heterocycles. The molecule has 0 spiro atoms. The molecule has 152 valence electrons. The fourth-order valence-corrected chi connectivity index (χ4v) is 4.55. The molecule has 3 aromatic rings. The zero-order valence-corrected chi connectivity index (χ0v) is 16.6. The van der Waals surface area contributed by atoms with Crippen LogP contribution in [0.25, 0.3) is 11.4 Å². The average molecular weight is 425 g/mol. The quantitative estimate of drug-likeness (QED) is 0.690. The van der Waals surface area contributed by atoms with Gasteiger partial charge in [-0.15, -0.1) is 0 Å². The molecule has 2 bridgehead atoms. The second-order valence-electron chi connectivity index (χ2n) is 7.60. The lowest BCUT2D eigenvalue weighted by Gasteiger charge is -2.34. The van der Waals surface area contributed by atoms with Crippen molar-refractivity contribution in [3.05, 3.63) is 65.5 Å². The third kappa shape index (κ3) is 3.47. The molecule has 1 amide bonds. The Morgan fingerprint density at radius 1 is 1.13 bits per heavy atom. The summed E-state index contributed by atoms with van der Waals surface area (Å²) in [5.41, 5.74) is 0.797. The van der Waals surface area contributed by atoms with Gasteiger partial charge in [0, 0.05) is 30.5 Å². The minimum Gasteiger partial charge on any atom is -0.349 e. The summed E-state index contributed by atoms with van der Waals surface area (Å²) in [5, 5.41) is 3.78. The van der Waals surface area contributed by atoms with Gasteiger partial charge in [0.2, 0.25) is 5.95 Å². The fourth-order valence-electron chi connectivity index (χ4n) is 4.45. The smallest absolute Gasteiger partial charge is 0.255 e. The molecule has 1 aromatic carbocycles. The number of carbonyl (C=O) groups is 1. The van der Waals surface area contributed by atoms with Crippen molar-refractivity contribution in [2.45, 2.75) is 24.9 Å². The first kappa shape index (κ1) is 18.9. The van der Waals surface area contributed by atoms with Gasteiger partial charge in [0.25, 0.3) is 5.91 Å². The molecule has 3 unspecified atom stereocenters. The molecular formula is C21H18ClFN6O. The SMILES string of the molecule is O=C(c1cc(F)ccc1-c1ncccn1)N1CC2CC(Nc3ncc(Cl)cn3)C1C2. The molecule has 9 heteroatoms. The number of hydrogen-bond donors (Lipinski definition) is 1. The summed E-state index contributed by atoms with van der Waals surface area (Å²) in [6.45, 7) is 0.648. The number of amides is 1. The second kappa shape index (κ2) is 7.60. The molecule has 2 aliphatic rings. The van der Waals surface area contributed by atoms with E-state index in [2.05, 4.69) is 25.3 Å². The highest BCUT2D eigenvalue weighted by Gasteiger charge is 2.47. The van der Waals surface area contributed by atoms with E-state index in [1.54, 1.807) is 24.5 Å². The molecule has 1 saturated carbocycles. The molecule has 2 fully saturated rings. The van der Waals surface area contributed by atoms with E-state index in [-0.39, 0.29) is 23.6 Å². The van der Waals surface area contributed by atoms with E-state index >= 15 is 0 Å². The van der Waals surface area contributed by atoms with Gasteiger partial charge in [-0.3, -0.25) is 4.79 Å². The van der Waals surface area contributed by atoms with E-state index in [4.69, 9.17) is 11.6 Å². The molecule has 1 N–H and O–H groups in total. The number of aromatic nitrogens is 4. The summed E-state index contributed by atoms with van der Waals surface area (Å²) in [6.07, 6.45) is 8.09. The summed E-state index contributed by atoms with van der Waals surface area (Å²) in [7, 11) is 0. The molecular weight excluding hydrogens is 407 g/mol. The monoisotopic (exact) mass is 424 g/mol. The highest BCUT2D eigenvalue weighted by atomic mass is 35.5. The summed E-state index contributed by atoms with van der Waals surface area (Å²) >= 11 is 5.86. The van der Waals surface area contributed by atoms with Crippen LogP contribution in [0.15, 0.2) is 49.1 Å². The average Bonchev–Trinajstić information content (AvgIpc) is 3.36. The lowest BCUT2D eigenvalue weighted by Crippen LogP contribution is -2.48. The maximum Gasteiger partial charge on any atom is 0.255 e. The number of carbonyl (C=O) groups excluding carboxylic acids is 1. The third-order valence-electron chi connectivity index (χ3n) is 5.70. The van der Waals surface area contributed by atoms with Crippen LogP contribution in [0.1, 0.15) is 23.2 Å². The van der Waals surface area contributed by atoms with E-state index in [0.29, 0.717) is 34.8 Å². The number of fused-ring (bicyclic) bond motifs is 2. The Morgan fingerprint density at radius 2 is 1.90 bits per heavy atom. The predicted octanol–water partition coefficient (Wildman–Crippen LogP) is 3.44. The Labute approximate surface area is 177 Å². The number of nitrogens with zero attached hydrogens (tertiary/aromatic N) is 5. The summed E-state index contributed by atoms with van der Waals surface area (Å²) < 4.78 is 14.0. The van der Waals surface area contributed by atoms with Gasteiger partial charge in [0.05, 0.1) is 29.0 Å². The van der Waals surface area contributed by atoms with Crippen molar-refractivity contribution in [2.75, 3.05) is 11.9 Å². The van der Waals surface area contributed by atoms with Crippen LogP contribution in [-0.4, -0.2) is 49.4 Å². The van der Waals surface area contributed by atoms with Crippen LogP contribution in [0.4, 0.5) is 10.3 Å². The molecule has 3 atom stereocenters. The van der Waals surface area contributed by atoms with E-state index in [1.807, 2.05) is 4.90 Å². The lowest BCUT2D eigenvalue weighted by atomic mass is 10.0. The number of benzene rings is 1. The van der Waals surface area contributed by atoms with Crippen molar-refractivity contribution in [1.29, 1.82) is 0 Å².